The third kappa shape index (κ3) is 2.69. The molecule has 0 saturated heterocycles. The van der Waals surface area contributed by atoms with Crippen molar-refractivity contribution in [1.29, 1.82) is 0 Å². The number of fused-ring (bicyclic) bond motifs is 6. The van der Waals surface area contributed by atoms with Gasteiger partial charge in [-0.25, -0.2) is 9.97 Å². The van der Waals surface area contributed by atoms with Gasteiger partial charge in [-0.15, -0.1) is 0 Å². The van der Waals surface area contributed by atoms with Gasteiger partial charge in [0, 0.05) is 39.6 Å². The van der Waals surface area contributed by atoms with Crippen molar-refractivity contribution in [3.8, 4) is 11.6 Å². The van der Waals surface area contributed by atoms with Gasteiger partial charge in [0.05, 0.1) is 26.5 Å². The molecule has 0 saturated carbocycles. The SMILES string of the molecule is Brc1cnc(-n2c3ccccc3c3cc4c5ccccc5n(-c5ccccc5)c4cc32)nc1. The van der Waals surface area contributed by atoms with Crippen LogP contribution in [0.4, 0.5) is 0 Å². The van der Waals surface area contributed by atoms with E-state index in [0.717, 1.165) is 26.7 Å². The Bertz CT molecular complexity index is 1810. The topological polar surface area (TPSA) is 35.6 Å². The lowest BCUT2D eigenvalue weighted by Gasteiger charge is -2.09. The maximum atomic E-state index is 4.62. The molecular formula is C28H17BrN4. The van der Waals surface area contributed by atoms with Crippen LogP contribution in [0, 0.1) is 0 Å². The highest BCUT2D eigenvalue weighted by molar-refractivity contribution is 9.10. The zero-order valence-electron chi connectivity index (χ0n) is 17.5. The molecule has 0 radical (unpaired) electrons. The van der Waals surface area contributed by atoms with Gasteiger partial charge in [-0.1, -0.05) is 54.6 Å². The first kappa shape index (κ1) is 18.6. The highest BCUT2D eigenvalue weighted by Gasteiger charge is 2.18. The maximum absolute atomic E-state index is 4.62. The molecule has 0 aliphatic carbocycles. The summed E-state index contributed by atoms with van der Waals surface area (Å²) in [5, 5.41) is 4.87. The fraction of sp³-hybridized carbons (Fsp3) is 0. The van der Waals surface area contributed by atoms with E-state index in [0.29, 0.717) is 5.95 Å². The average Bonchev–Trinajstić information content (AvgIpc) is 3.36. The molecule has 7 aromatic rings. The normalized spacial score (nSPS) is 11.8. The lowest BCUT2D eigenvalue weighted by atomic mass is 10.1. The highest BCUT2D eigenvalue weighted by atomic mass is 79.9. The molecule has 7 rings (SSSR count). The zero-order valence-corrected chi connectivity index (χ0v) is 19.1. The van der Waals surface area contributed by atoms with E-state index in [4.69, 9.17) is 0 Å². The third-order valence-electron chi connectivity index (χ3n) is 6.29. The van der Waals surface area contributed by atoms with E-state index in [1.165, 1.54) is 27.1 Å². The minimum absolute atomic E-state index is 0.658. The van der Waals surface area contributed by atoms with Crippen LogP contribution < -0.4 is 0 Å². The lowest BCUT2D eigenvalue weighted by Crippen LogP contribution is -2.00. The van der Waals surface area contributed by atoms with Crippen LogP contribution in [0.25, 0.3) is 55.2 Å². The number of rotatable bonds is 2. The Balaban J connectivity index is 1.69. The Labute approximate surface area is 197 Å². The van der Waals surface area contributed by atoms with Crippen molar-refractivity contribution in [2.75, 3.05) is 0 Å². The largest absolute Gasteiger partial charge is 0.309 e. The molecule has 4 nitrogen and oxygen atoms in total. The van der Waals surface area contributed by atoms with Gasteiger partial charge in [0.25, 0.3) is 0 Å². The van der Waals surface area contributed by atoms with Crippen molar-refractivity contribution in [2.24, 2.45) is 0 Å². The van der Waals surface area contributed by atoms with E-state index in [9.17, 15) is 0 Å². The second kappa shape index (κ2) is 7.02. The van der Waals surface area contributed by atoms with Gasteiger partial charge in [0.15, 0.2) is 0 Å². The molecule has 3 heterocycles. The molecule has 33 heavy (non-hydrogen) atoms. The number of hydrogen-bond donors (Lipinski definition) is 0. The standard InChI is InChI=1S/C28H17BrN4/c29-18-16-30-28(31-17-18)33-25-13-7-5-11-21(25)23-14-22-20-10-4-6-12-24(20)32(26(22)15-27(23)33)19-8-2-1-3-9-19/h1-17H. The molecule has 0 aliphatic heterocycles. The van der Waals surface area contributed by atoms with Gasteiger partial charge >= 0.3 is 0 Å². The van der Waals surface area contributed by atoms with Crippen LogP contribution in [0.1, 0.15) is 0 Å². The van der Waals surface area contributed by atoms with E-state index in [2.05, 4.69) is 126 Å². The Morgan fingerprint density at radius 3 is 1.73 bits per heavy atom. The summed E-state index contributed by atoms with van der Waals surface area (Å²) in [4.78, 5) is 9.25. The first-order chi connectivity index (χ1) is 16.3. The summed E-state index contributed by atoms with van der Waals surface area (Å²) in [6, 6.07) is 32.2. The quantitative estimate of drug-likeness (QED) is 0.253. The number of hydrogen-bond acceptors (Lipinski definition) is 2. The molecule has 0 aliphatic rings. The first-order valence-corrected chi connectivity index (χ1v) is 11.6. The van der Waals surface area contributed by atoms with E-state index >= 15 is 0 Å². The number of benzene rings is 4. The fourth-order valence-corrected chi connectivity index (χ4v) is 5.13. The van der Waals surface area contributed by atoms with Crippen LogP contribution in [0.5, 0.6) is 0 Å². The fourth-order valence-electron chi connectivity index (χ4n) is 4.92. The molecule has 0 amide bonds. The van der Waals surface area contributed by atoms with Gasteiger partial charge in [0.1, 0.15) is 0 Å². The second-order valence-electron chi connectivity index (χ2n) is 8.13. The zero-order chi connectivity index (χ0) is 21.9. The number of aromatic nitrogens is 4. The summed E-state index contributed by atoms with van der Waals surface area (Å²) >= 11 is 3.46. The Morgan fingerprint density at radius 1 is 0.515 bits per heavy atom. The Hall–Kier alpha value is -3.96. The summed E-state index contributed by atoms with van der Waals surface area (Å²) in [6.45, 7) is 0. The van der Waals surface area contributed by atoms with Crippen molar-refractivity contribution in [1.82, 2.24) is 19.1 Å². The smallest absolute Gasteiger partial charge is 0.234 e. The van der Waals surface area contributed by atoms with E-state index in [-0.39, 0.29) is 0 Å². The molecular weight excluding hydrogens is 472 g/mol. The lowest BCUT2D eigenvalue weighted by molar-refractivity contribution is 0.982. The molecule has 0 bridgehead atoms. The van der Waals surface area contributed by atoms with Gasteiger partial charge in [-0.2, -0.15) is 0 Å². The average molecular weight is 489 g/mol. The molecule has 5 heteroatoms. The van der Waals surface area contributed by atoms with Crippen LogP contribution in [-0.2, 0) is 0 Å². The van der Waals surface area contributed by atoms with Gasteiger partial charge in [0.2, 0.25) is 5.95 Å². The van der Waals surface area contributed by atoms with E-state index < -0.39 is 0 Å². The molecule has 0 unspecified atom stereocenters. The third-order valence-corrected chi connectivity index (χ3v) is 6.70. The molecule has 4 aromatic carbocycles. The van der Waals surface area contributed by atoms with Crippen molar-refractivity contribution in [2.45, 2.75) is 0 Å². The number of para-hydroxylation sites is 3. The van der Waals surface area contributed by atoms with Crippen molar-refractivity contribution < 1.29 is 0 Å². The molecule has 0 N–H and O–H groups in total. The summed E-state index contributed by atoms with van der Waals surface area (Å²) in [6.07, 6.45) is 3.59. The van der Waals surface area contributed by atoms with Crippen LogP contribution in [0.15, 0.2) is 108 Å². The molecule has 0 fully saturated rings. The molecule has 0 spiro atoms. The summed E-state index contributed by atoms with van der Waals surface area (Å²) < 4.78 is 5.36. The molecule has 0 atom stereocenters. The highest BCUT2D eigenvalue weighted by Crippen LogP contribution is 2.38. The minimum Gasteiger partial charge on any atom is -0.309 e. The Kier molecular flexibility index (Phi) is 3.96. The second-order valence-corrected chi connectivity index (χ2v) is 9.04. The predicted octanol–water partition coefficient (Wildman–Crippen LogP) is 7.43. The predicted molar refractivity (Wildman–Crippen MR) is 138 cm³/mol. The van der Waals surface area contributed by atoms with Crippen molar-refractivity contribution in [3.05, 3.63) is 108 Å². The van der Waals surface area contributed by atoms with Crippen molar-refractivity contribution >= 4 is 59.5 Å². The van der Waals surface area contributed by atoms with Crippen LogP contribution in [0.3, 0.4) is 0 Å². The van der Waals surface area contributed by atoms with Crippen molar-refractivity contribution in [3.63, 3.8) is 0 Å². The minimum atomic E-state index is 0.658. The summed E-state index contributed by atoms with van der Waals surface area (Å²) in [5.41, 5.74) is 5.69. The first-order valence-electron chi connectivity index (χ1n) is 10.8. The monoisotopic (exact) mass is 488 g/mol. The van der Waals surface area contributed by atoms with Crippen LogP contribution >= 0.6 is 15.9 Å². The van der Waals surface area contributed by atoms with Crippen LogP contribution in [0.2, 0.25) is 0 Å². The van der Waals surface area contributed by atoms with Gasteiger partial charge < -0.3 is 4.57 Å². The van der Waals surface area contributed by atoms with Gasteiger partial charge in [-0.05, 0) is 52.3 Å². The number of nitrogens with zero attached hydrogens (tertiary/aromatic N) is 4. The molecule has 3 aromatic heterocycles. The molecule has 156 valence electrons. The van der Waals surface area contributed by atoms with Gasteiger partial charge in [-0.3, -0.25) is 4.57 Å². The van der Waals surface area contributed by atoms with Crippen LogP contribution in [-0.4, -0.2) is 19.1 Å². The summed E-state index contributed by atoms with van der Waals surface area (Å²) in [7, 11) is 0. The Morgan fingerprint density at radius 2 is 1.06 bits per heavy atom. The maximum Gasteiger partial charge on any atom is 0.234 e. The number of halogens is 1. The van der Waals surface area contributed by atoms with E-state index in [1.54, 1.807) is 12.4 Å². The summed E-state index contributed by atoms with van der Waals surface area (Å²) in [5.74, 6) is 0.658. The van der Waals surface area contributed by atoms with E-state index in [1.807, 2.05) is 0 Å².